The zero-order valence-corrected chi connectivity index (χ0v) is 26.7. The van der Waals surface area contributed by atoms with Gasteiger partial charge in [0.15, 0.2) is 0 Å². The Morgan fingerprint density at radius 1 is 0.605 bits per heavy atom. The molecular weight excluding hydrogens is 599 g/mol. The van der Waals surface area contributed by atoms with Crippen molar-refractivity contribution >= 4 is 38.7 Å². The maximum atomic E-state index is 4.93. The molecular formula is C34H30Cl2SiZr. The monoisotopic (exact) mass is 626 g/mol. The van der Waals surface area contributed by atoms with Gasteiger partial charge in [0, 0.05) is 20.3 Å². The molecule has 6 rings (SSSR count). The van der Waals surface area contributed by atoms with Gasteiger partial charge in [-0.15, -0.1) is 0 Å². The fourth-order valence-electron chi connectivity index (χ4n) is 6.06. The van der Waals surface area contributed by atoms with Crippen LogP contribution in [0.5, 0.6) is 0 Å². The number of fused-ring (bicyclic) bond motifs is 2. The van der Waals surface area contributed by atoms with Crippen LogP contribution in [0.3, 0.4) is 0 Å². The van der Waals surface area contributed by atoms with Gasteiger partial charge in [-0.25, -0.2) is 0 Å². The number of halogens is 2. The van der Waals surface area contributed by atoms with E-state index < -0.39 is 20.8 Å². The number of aryl methyl sites for hydroxylation is 2. The molecule has 4 aromatic rings. The Balaban J connectivity index is 0.000000937. The van der Waals surface area contributed by atoms with Gasteiger partial charge in [0.25, 0.3) is 0 Å². The average Bonchev–Trinajstić information content (AvgIpc) is 3.50. The Morgan fingerprint density at radius 3 is 1.45 bits per heavy atom. The van der Waals surface area contributed by atoms with Gasteiger partial charge in [0.1, 0.15) is 0 Å². The summed E-state index contributed by atoms with van der Waals surface area (Å²) < 4.78 is 0. The minimum absolute atomic E-state index is 0.0588. The minimum atomic E-state index is -0.826. The molecule has 2 aliphatic rings. The summed E-state index contributed by atoms with van der Waals surface area (Å²) in [6, 6.07) is 38.4. The number of hydrogen-bond acceptors (Lipinski definition) is 0. The number of allylic oxidation sites excluding steroid dienone is 2. The third-order valence-corrected chi connectivity index (χ3v) is 9.47. The first-order valence-corrected chi connectivity index (χ1v) is 20.7. The molecule has 0 aromatic heterocycles. The summed E-state index contributed by atoms with van der Waals surface area (Å²) in [5, 5.41) is 0. The fourth-order valence-corrected chi connectivity index (χ4v) is 8.00. The van der Waals surface area contributed by atoms with E-state index in [1.165, 1.54) is 44.5 Å². The summed E-state index contributed by atoms with van der Waals surface area (Å²) in [5.74, 6) is 0. The molecule has 2 unspecified atom stereocenters. The molecule has 0 saturated carbocycles. The number of benzene rings is 4. The second-order valence-corrected chi connectivity index (χ2v) is 15.1. The topological polar surface area (TPSA) is 0 Å². The van der Waals surface area contributed by atoms with Crippen molar-refractivity contribution in [3.8, 4) is 0 Å². The first-order chi connectivity index (χ1) is 18.5. The standard InChI is InChI=1S/C34H30Si.2ClH.Zr/c1-25-9-7-13-29(21-25)33(19-17-27-11-3-5-15-31(27)33)23-35-24-34(30-14-8-10-26(2)22-30)20-18-28-12-4-6-16-32(28)34;;;/h3-22H,23-24H2,1-2H3;2*1H;/q;;;+2/p-2. The summed E-state index contributed by atoms with van der Waals surface area (Å²) in [6.07, 6.45) is 9.61. The van der Waals surface area contributed by atoms with Crippen molar-refractivity contribution in [3.63, 3.8) is 0 Å². The zero-order valence-electron chi connectivity index (χ0n) is 21.7. The Kier molecular flexibility index (Phi) is 8.75. The van der Waals surface area contributed by atoms with Gasteiger partial charge in [-0.1, -0.05) is 132 Å². The van der Waals surface area contributed by atoms with Crippen molar-refractivity contribution in [1.82, 2.24) is 0 Å². The third kappa shape index (κ3) is 5.26. The Morgan fingerprint density at radius 2 is 1.03 bits per heavy atom. The summed E-state index contributed by atoms with van der Waals surface area (Å²) >= 11 is -0.826. The second kappa shape index (κ2) is 12.1. The van der Waals surface area contributed by atoms with Gasteiger partial charge in [-0.2, -0.15) is 0 Å². The van der Waals surface area contributed by atoms with Gasteiger partial charge in [-0.3, -0.25) is 0 Å². The molecule has 0 nitrogen and oxygen atoms in total. The summed E-state index contributed by atoms with van der Waals surface area (Å²) in [4.78, 5) is 0. The predicted molar refractivity (Wildman–Crippen MR) is 162 cm³/mol. The van der Waals surface area contributed by atoms with Crippen LogP contribution in [-0.2, 0) is 31.7 Å². The molecule has 38 heavy (non-hydrogen) atoms. The van der Waals surface area contributed by atoms with E-state index >= 15 is 0 Å². The molecule has 0 spiro atoms. The van der Waals surface area contributed by atoms with Crippen molar-refractivity contribution in [3.05, 3.63) is 154 Å². The molecule has 0 aliphatic heterocycles. The zero-order chi connectivity index (χ0) is 26.6. The van der Waals surface area contributed by atoms with Crippen molar-refractivity contribution < 1.29 is 20.8 Å². The van der Waals surface area contributed by atoms with E-state index in [-0.39, 0.29) is 10.8 Å². The van der Waals surface area contributed by atoms with E-state index in [9.17, 15) is 0 Å². The summed E-state index contributed by atoms with van der Waals surface area (Å²) in [7, 11) is 10.7. The average molecular weight is 629 g/mol. The Labute approximate surface area is 248 Å². The molecule has 4 heteroatoms. The van der Waals surface area contributed by atoms with Crippen LogP contribution < -0.4 is 0 Å². The quantitative estimate of drug-likeness (QED) is 0.187. The van der Waals surface area contributed by atoms with Gasteiger partial charge in [0.2, 0.25) is 0 Å². The molecule has 2 radical (unpaired) electrons. The summed E-state index contributed by atoms with van der Waals surface area (Å²) in [5.41, 5.74) is 11.0. The Bertz CT molecular complexity index is 1380. The van der Waals surface area contributed by atoms with Crippen LogP contribution >= 0.6 is 17.0 Å². The molecule has 2 atom stereocenters. The van der Waals surface area contributed by atoms with E-state index in [0.29, 0.717) is 0 Å². The molecule has 4 aromatic carbocycles. The molecule has 2 aliphatic carbocycles. The molecule has 0 heterocycles. The van der Waals surface area contributed by atoms with E-state index in [4.69, 9.17) is 17.0 Å². The third-order valence-electron chi connectivity index (χ3n) is 7.85. The van der Waals surface area contributed by atoms with E-state index in [1.807, 2.05) is 0 Å². The maximum absolute atomic E-state index is 4.93. The molecule has 0 amide bonds. The van der Waals surface area contributed by atoms with Gasteiger partial charge < -0.3 is 0 Å². The van der Waals surface area contributed by atoms with Crippen LogP contribution in [0.4, 0.5) is 0 Å². The molecule has 0 N–H and O–H groups in total. The van der Waals surface area contributed by atoms with Gasteiger partial charge in [0.05, 0.1) is 0 Å². The van der Waals surface area contributed by atoms with E-state index in [0.717, 1.165) is 21.6 Å². The van der Waals surface area contributed by atoms with Crippen LogP contribution in [0.25, 0.3) is 12.2 Å². The van der Waals surface area contributed by atoms with Crippen molar-refractivity contribution in [2.45, 2.75) is 36.8 Å². The fraction of sp³-hybridized carbons (Fsp3) is 0.176. The van der Waals surface area contributed by atoms with Crippen molar-refractivity contribution in [2.75, 3.05) is 0 Å². The molecule has 0 saturated heterocycles. The van der Waals surface area contributed by atoms with E-state index in [1.54, 1.807) is 0 Å². The normalized spacial score (nSPS) is 20.4. The Hall–Kier alpha value is -1.96. The first-order valence-electron chi connectivity index (χ1n) is 12.9. The van der Waals surface area contributed by atoms with Crippen LogP contribution in [0.15, 0.2) is 109 Å². The molecule has 0 fully saturated rings. The van der Waals surface area contributed by atoms with Crippen LogP contribution in [0, 0.1) is 13.8 Å². The number of rotatable bonds is 6. The molecule has 0 bridgehead atoms. The second-order valence-electron chi connectivity index (χ2n) is 10.2. The summed E-state index contributed by atoms with van der Waals surface area (Å²) in [6.45, 7) is 4.41. The van der Waals surface area contributed by atoms with Gasteiger partial charge >= 0.3 is 37.9 Å². The van der Waals surface area contributed by atoms with Crippen LogP contribution in [0.2, 0.25) is 12.1 Å². The predicted octanol–water partition coefficient (Wildman–Crippen LogP) is 9.55. The first kappa shape index (κ1) is 27.6. The van der Waals surface area contributed by atoms with Crippen LogP contribution in [0.1, 0.15) is 44.5 Å². The molecule has 188 valence electrons. The van der Waals surface area contributed by atoms with E-state index in [2.05, 4.69) is 135 Å². The van der Waals surface area contributed by atoms with Crippen LogP contribution in [-0.4, -0.2) is 9.52 Å². The SMILES string of the molecule is Cc1cccc(C2(C[Si]CC3(c4cccc(C)c4)C=Cc4ccccc43)C=Cc3ccccc32)c1.[Cl][Zr][Cl]. The van der Waals surface area contributed by atoms with Gasteiger partial charge in [-0.05, 0) is 59.3 Å². The van der Waals surface area contributed by atoms with Crippen molar-refractivity contribution in [1.29, 1.82) is 0 Å². The van der Waals surface area contributed by atoms with Crippen molar-refractivity contribution in [2.24, 2.45) is 0 Å². The number of hydrogen-bond donors (Lipinski definition) is 0.